The Morgan fingerprint density at radius 1 is 1.10 bits per heavy atom. The molecular weight excluding hydrogens is 244 g/mol. The Bertz CT molecular complexity index is 420. The normalized spacial score (nSPS) is 25.3. The summed E-state index contributed by atoms with van der Waals surface area (Å²) in [5.41, 5.74) is 8.79. The molecule has 1 aromatic rings. The summed E-state index contributed by atoms with van der Waals surface area (Å²) in [5.74, 6) is 0.940. The SMILES string of the molecule is CCC(N)c1ccc(N2CCCC2C2CCCC2)cc1. The van der Waals surface area contributed by atoms with Gasteiger partial charge in [0.2, 0.25) is 0 Å². The van der Waals surface area contributed by atoms with E-state index in [4.69, 9.17) is 5.73 Å². The molecule has 1 aliphatic carbocycles. The highest BCUT2D eigenvalue weighted by Crippen LogP contribution is 2.37. The third-order valence-electron chi connectivity index (χ3n) is 5.34. The highest BCUT2D eigenvalue weighted by Gasteiger charge is 2.33. The molecule has 2 fully saturated rings. The van der Waals surface area contributed by atoms with Gasteiger partial charge in [-0.1, -0.05) is 31.9 Å². The molecule has 2 atom stereocenters. The summed E-state index contributed by atoms with van der Waals surface area (Å²) < 4.78 is 0. The van der Waals surface area contributed by atoms with Crippen LogP contribution in [0.5, 0.6) is 0 Å². The van der Waals surface area contributed by atoms with Crippen LogP contribution in [0.25, 0.3) is 0 Å². The van der Waals surface area contributed by atoms with E-state index >= 15 is 0 Å². The molecule has 2 aliphatic rings. The van der Waals surface area contributed by atoms with Gasteiger partial charge in [-0.15, -0.1) is 0 Å². The molecule has 1 saturated carbocycles. The summed E-state index contributed by atoms with van der Waals surface area (Å²) in [5, 5.41) is 0. The Kier molecular flexibility index (Phi) is 4.30. The van der Waals surface area contributed by atoms with Crippen LogP contribution < -0.4 is 10.6 Å². The van der Waals surface area contributed by atoms with Crippen molar-refractivity contribution in [1.29, 1.82) is 0 Å². The number of anilines is 1. The van der Waals surface area contributed by atoms with Gasteiger partial charge >= 0.3 is 0 Å². The summed E-state index contributed by atoms with van der Waals surface area (Å²) in [6.45, 7) is 3.38. The van der Waals surface area contributed by atoms with Crippen LogP contribution in [0, 0.1) is 5.92 Å². The van der Waals surface area contributed by atoms with Crippen LogP contribution in [0.2, 0.25) is 0 Å². The summed E-state index contributed by atoms with van der Waals surface area (Å²) >= 11 is 0. The largest absolute Gasteiger partial charge is 0.368 e. The van der Waals surface area contributed by atoms with Gasteiger partial charge in [-0.05, 0) is 55.7 Å². The first kappa shape index (κ1) is 13.9. The van der Waals surface area contributed by atoms with Crippen LogP contribution in [0.1, 0.15) is 63.5 Å². The standard InChI is InChI=1S/C18H28N2/c1-2-17(19)14-9-11-16(12-10-14)20-13-5-8-18(20)15-6-3-4-7-15/h9-12,15,17-18H,2-8,13,19H2,1H3. The molecular formula is C18H28N2. The quantitative estimate of drug-likeness (QED) is 0.887. The van der Waals surface area contributed by atoms with Crippen LogP contribution in [-0.2, 0) is 0 Å². The van der Waals surface area contributed by atoms with E-state index in [9.17, 15) is 0 Å². The molecule has 20 heavy (non-hydrogen) atoms. The maximum atomic E-state index is 6.11. The van der Waals surface area contributed by atoms with Crippen molar-refractivity contribution in [2.45, 2.75) is 64.0 Å². The lowest BCUT2D eigenvalue weighted by molar-refractivity contribution is 0.431. The van der Waals surface area contributed by atoms with E-state index in [1.165, 1.54) is 56.3 Å². The number of nitrogens with zero attached hydrogens (tertiary/aromatic N) is 1. The van der Waals surface area contributed by atoms with Crippen molar-refractivity contribution in [2.24, 2.45) is 11.7 Å². The second-order valence-corrected chi connectivity index (χ2v) is 6.55. The number of hydrogen-bond donors (Lipinski definition) is 1. The first-order valence-corrected chi connectivity index (χ1v) is 8.41. The Hall–Kier alpha value is -1.02. The summed E-state index contributed by atoms with van der Waals surface area (Å²) in [6, 6.07) is 10.0. The number of hydrogen-bond acceptors (Lipinski definition) is 2. The second kappa shape index (κ2) is 6.17. The van der Waals surface area contributed by atoms with E-state index in [-0.39, 0.29) is 6.04 Å². The predicted molar refractivity (Wildman–Crippen MR) is 86.0 cm³/mol. The second-order valence-electron chi connectivity index (χ2n) is 6.55. The van der Waals surface area contributed by atoms with Gasteiger partial charge in [-0.2, -0.15) is 0 Å². The molecule has 0 bridgehead atoms. The number of nitrogens with two attached hydrogens (primary N) is 1. The van der Waals surface area contributed by atoms with Crippen molar-refractivity contribution in [3.8, 4) is 0 Å². The average molecular weight is 272 g/mol. The van der Waals surface area contributed by atoms with Crippen molar-refractivity contribution in [3.63, 3.8) is 0 Å². The minimum atomic E-state index is 0.188. The van der Waals surface area contributed by atoms with Crippen molar-refractivity contribution in [3.05, 3.63) is 29.8 Å². The molecule has 1 aromatic carbocycles. The van der Waals surface area contributed by atoms with E-state index in [0.29, 0.717) is 0 Å². The van der Waals surface area contributed by atoms with Gasteiger partial charge in [-0.3, -0.25) is 0 Å². The van der Waals surface area contributed by atoms with Gasteiger partial charge < -0.3 is 10.6 Å². The van der Waals surface area contributed by atoms with E-state index in [2.05, 4.69) is 36.1 Å². The molecule has 1 saturated heterocycles. The molecule has 3 rings (SSSR count). The van der Waals surface area contributed by atoms with E-state index in [1.807, 2.05) is 0 Å². The van der Waals surface area contributed by atoms with Crippen molar-refractivity contribution in [2.75, 3.05) is 11.4 Å². The third kappa shape index (κ3) is 2.71. The number of benzene rings is 1. The van der Waals surface area contributed by atoms with Crippen molar-refractivity contribution >= 4 is 5.69 Å². The fraction of sp³-hybridized carbons (Fsp3) is 0.667. The average Bonchev–Trinajstić information content (AvgIpc) is 3.16. The van der Waals surface area contributed by atoms with Crippen LogP contribution in [0.3, 0.4) is 0 Å². The minimum Gasteiger partial charge on any atom is -0.368 e. The van der Waals surface area contributed by atoms with Gasteiger partial charge in [0.05, 0.1) is 0 Å². The summed E-state index contributed by atoms with van der Waals surface area (Å²) in [7, 11) is 0. The maximum absolute atomic E-state index is 6.11. The lowest BCUT2D eigenvalue weighted by Crippen LogP contribution is -2.34. The monoisotopic (exact) mass is 272 g/mol. The van der Waals surface area contributed by atoms with Crippen LogP contribution in [0.4, 0.5) is 5.69 Å². The molecule has 2 N–H and O–H groups in total. The molecule has 2 nitrogen and oxygen atoms in total. The van der Waals surface area contributed by atoms with Crippen molar-refractivity contribution < 1.29 is 0 Å². The zero-order chi connectivity index (χ0) is 13.9. The van der Waals surface area contributed by atoms with Gasteiger partial charge in [0.1, 0.15) is 0 Å². The minimum absolute atomic E-state index is 0.188. The van der Waals surface area contributed by atoms with Crippen molar-refractivity contribution in [1.82, 2.24) is 0 Å². The first-order valence-electron chi connectivity index (χ1n) is 8.41. The van der Waals surface area contributed by atoms with Crippen LogP contribution >= 0.6 is 0 Å². The fourth-order valence-electron chi connectivity index (χ4n) is 4.09. The lowest BCUT2D eigenvalue weighted by Gasteiger charge is -2.31. The maximum Gasteiger partial charge on any atom is 0.0369 e. The van der Waals surface area contributed by atoms with Crippen LogP contribution in [0.15, 0.2) is 24.3 Å². The number of rotatable bonds is 4. The molecule has 2 unspecified atom stereocenters. The van der Waals surface area contributed by atoms with Crippen LogP contribution in [-0.4, -0.2) is 12.6 Å². The fourth-order valence-corrected chi connectivity index (χ4v) is 4.09. The van der Waals surface area contributed by atoms with Gasteiger partial charge in [-0.25, -0.2) is 0 Å². The molecule has 0 spiro atoms. The van der Waals surface area contributed by atoms with E-state index < -0.39 is 0 Å². The molecule has 0 amide bonds. The zero-order valence-electron chi connectivity index (χ0n) is 12.7. The summed E-state index contributed by atoms with van der Waals surface area (Å²) in [4.78, 5) is 2.66. The smallest absolute Gasteiger partial charge is 0.0369 e. The molecule has 110 valence electrons. The van der Waals surface area contributed by atoms with Gasteiger partial charge in [0.15, 0.2) is 0 Å². The molecule has 2 heteroatoms. The molecule has 1 heterocycles. The zero-order valence-corrected chi connectivity index (χ0v) is 12.7. The molecule has 1 aliphatic heterocycles. The topological polar surface area (TPSA) is 29.3 Å². The molecule has 0 aromatic heterocycles. The highest BCUT2D eigenvalue weighted by atomic mass is 15.2. The Morgan fingerprint density at radius 3 is 2.45 bits per heavy atom. The van der Waals surface area contributed by atoms with Gasteiger partial charge in [0, 0.05) is 24.3 Å². The van der Waals surface area contributed by atoms with Gasteiger partial charge in [0.25, 0.3) is 0 Å². The van der Waals surface area contributed by atoms with E-state index in [1.54, 1.807) is 0 Å². The summed E-state index contributed by atoms with van der Waals surface area (Å²) in [6.07, 6.45) is 9.53. The lowest BCUT2D eigenvalue weighted by atomic mass is 9.95. The first-order chi connectivity index (χ1) is 9.79. The third-order valence-corrected chi connectivity index (χ3v) is 5.34. The van der Waals surface area contributed by atoms with E-state index in [0.717, 1.165) is 18.4 Å². The molecule has 0 radical (unpaired) electrons. The Labute approximate surface area is 123 Å². The Balaban J connectivity index is 1.74. The highest BCUT2D eigenvalue weighted by molar-refractivity contribution is 5.50. The Morgan fingerprint density at radius 2 is 1.80 bits per heavy atom. The predicted octanol–water partition coefficient (Wildman–Crippen LogP) is 4.26.